The summed E-state index contributed by atoms with van der Waals surface area (Å²) < 4.78 is 14.1. The van der Waals surface area contributed by atoms with E-state index in [9.17, 15) is 4.39 Å². The number of hydrogen-bond donors (Lipinski definition) is 1. The molecular weight excluding hydrogens is 297 g/mol. The smallest absolute Gasteiger partial charge is 0.139 e. The Balaban J connectivity index is 2.29. The van der Waals surface area contributed by atoms with Crippen LogP contribution in [0.5, 0.6) is 0 Å². The van der Waals surface area contributed by atoms with Gasteiger partial charge in [0.15, 0.2) is 0 Å². The molecule has 1 saturated heterocycles. The molecule has 1 aromatic rings. The highest BCUT2D eigenvalue weighted by atomic mass is 79.9. The van der Waals surface area contributed by atoms with Gasteiger partial charge >= 0.3 is 0 Å². The zero-order valence-electron chi connectivity index (χ0n) is 11.0. The second kappa shape index (κ2) is 5.05. The summed E-state index contributed by atoms with van der Waals surface area (Å²) in [6, 6.07) is 4.02. The lowest BCUT2D eigenvalue weighted by atomic mass is 10.1. The van der Waals surface area contributed by atoms with Crippen molar-refractivity contribution in [2.75, 3.05) is 30.8 Å². The van der Waals surface area contributed by atoms with Gasteiger partial charge in [0, 0.05) is 31.2 Å². The number of halogens is 2. The predicted molar refractivity (Wildman–Crippen MR) is 77.4 cm³/mol. The third kappa shape index (κ3) is 2.47. The van der Waals surface area contributed by atoms with Gasteiger partial charge in [0.25, 0.3) is 0 Å². The SMILES string of the molecule is C[C@H]1CN(c2cc(F)c(Br)cc2N)C[C@H](C)N1C. The quantitative estimate of drug-likeness (QED) is 0.809. The van der Waals surface area contributed by atoms with Crippen molar-refractivity contribution in [3.05, 3.63) is 22.4 Å². The van der Waals surface area contributed by atoms with Crippen molar-refractivity contribution < 1.29 is 4.39 Å². The third-order valence-electron chi connectivity index (χ3n) is 3.77. The summed E-state index contributed by atoms with van der Waals surface area (Å²) in [5, 5.41) is 0. The van der Waals surface area contributed by atoms with Crippen molar-refractivity contribution in [2.24, 2.45) is 0 Å². The van der Waals surface area contributed by atoms with E-state index in [2.05, 4.69) is 46.6 Å². The largest absolute Gasteiger partial charge is 0.397 e. The van der Waals surface area contributed by atoms with E-state index in [4.69, 9.17) is 5.73 Å². The Labute approximate surface area is 116 Å². The molecule has 1 fully saturated rings. The monoisotopic (exact) mass is 315 g/mol. The minimum absolute atomic E-state index is 0.265. The Morgan fingerprint density at radius 2 is 1.83 bits per heavy atom. The first kappa shape index (κ1) is 13.6. The number of nitrogen functional groups attached to an aromatic ring is 1. The van der Waals surface area contributed by atoms with Gasteiger partial charge in [0.05, 0.1) is 15.8 Å². The minimum Gasteiger partial charge on any atom is -0.397 e. The van der Waals surface area contributed by atoms with Crippen molar-refractivity contribution in [2.45, 2.75) is 25.9 Å². The molecule has 1 heterocycles. The van der Waals surface area contributed by atoms with E-state index in [0.717, 1.165) is 18.8 Å². The maximum atomic E-state index is 13.6. The van der Waals surface area contributed by atoms with Crippen molar-refractivity contribution >= 4 is 27.3 Å². The third-order valence-corrected chi connectivity index (χ3v) is 4.38. The summed E-state index contributed by atoms with van der Waals surface area (Å²) in [6.45, 7) is 6.08. The summed E-state index contributed by atoms with van der Waals surface area (Å²) in [4.78, 5) is 4.50. The van der Waals surface area contributed by atoms with E-state index >= 15 is 0 Å². The van der Waals surface area contributed by atoms with E-state index in [1.54, 1.807) is 6.07 Å². The highest BCUT2D eigenvalue weighted by Gasteiger charge is 2.27. The molecule has 2 N–H and O–H groups in total. The average Bonchev–Trinajstić information content (AvgIpc) is 2.30. The molecule has 1 aliphatic heterocycles. The van der Waals surface area contributed by atoms with Crippen LogP contribution in [0.2, 0.25) is 0 Å². The molecule has 0 saturated carbocycles. The molecule has 0 bridgehead atoms. The predicted octanol–water partition coefficient (Wildman–Crippen LogP) is 2.70. The first-order chi connectivity index (χ1) is 8.40. The van der Waals surface area contributed by atoms with Crippen LogP contribution in [0.15, 0.2) is 16.6 Å². The molecule has 2 atom stereocenters. The van der Waals surface area contributed by atoms with E-state index in [-0.39, 0.29) is 5.82 Å². The van der Waals surface area contributed by atoms with Gasteiger partial charge in [-0.25, -0.2) is 4.39 Å². The molecular formula is C13H19BrFN3. The van der Waals surface area contributed by atoms with Crippen LogP contribution >= 0.6 is 15.9 Å². The minimum atomic E-state index is -0.265. The lowest BCUT2D eigenvalue weighted by Gasteiger charge is -2.43. The number of rotatable bonds is 1. The Morgan fingerprint density at radius 3 is 2.39 bits per heavy atom. The molecule has 18 heavy (non-hydrogen) atoms. The maximum absolute atomic E-state index is 13.6. The Kier molecular flexibility index (Phi) is 3.82. The zero-order valence-corrected chi connectivity index (χ0v) is 12.5. The van der Waals surface area contributed by atoms with Gasteiger partial charge < -0.3 is 10.6 Å². The molecule has 0 amide bonds. The highest BCUT2D eigenvalue weighted by Crippen LogP contribution is 2.31. The van der Waals surface area contributed by atoms with Crippen LogP contribution in [0.25, 0.3) is 0 Å². The number of nitrogens with two attached hydrogens (primary N) is 1. The number of benzene rings is 1. The van der Waals surface area contributed by atoms with Gasteiger partial charge in [-0.05, 0) is 42.9 Å². The van der Waals surface area contributed by atoms with Crippen LogP contribution in [-0.2, 0) is 0 Å². The van der Waals surface area contributed by atoms with E-state index in [1.807, 2.05) is 0 Å². The van der Waals surface area contributed by atoms with Crippen LogP contribution in [0.1, 0.15) is 13.8 Å². The van der Waals surface area contributed by atoms with Crippen LogP contribution in [0.3, 0.4) is 0 Å². The van der Waals surface area contributed by atoms with Gasteiger partial charge in [-0.15, -0.1) is 0 Å². The van der Waals surface area contributed by atoms with E-state index < -0.39 is 0 Å². The maximum Gasteiger partial charge on any atom is 0.139 e. The van der Waals surface area contributed by atoms with Gasteiger partial charge in [0.2, 0.25) is 0 Å². The van der Waals surface area contributed by atoms with Crippen LogP contribution in [0.4, 0.5) is 15.8 Å². The summed E-state index contributed by atoms with van der Waals surface area (Å²) in [6.07, 6.45) is 0. The van der Waals surface area contributed by atoms with Crippen molar-refractivity contribution in [3.8, 4) is 0 Å². The fraction of sp³-hybridized carbons (Fsp3) is 0.538. The summed E-state index contributed by atoms with van der Waals surface area (Å²) in [7, 11) is 2.12. The average molecular weight is 316 g/mol. The fourth-order valence-corrected chi connectivity index (χ4v) is 2.79. The zero-order chi connectivity index (χ0) is 13.4. The van der Waals surface area contributed by atoms with Crippen LogP contribution in [-0.4, -0.2) is 37.1 Å². The number of piperazine rings is 1. The molecule has 1 aliphatic rings. The lowest BCUT2D eigenvalue weighted by Crippen LogP contribution is -2.55. The van der Waals surface area contributed by atoms with Gasteiger partial charge in [-0.2, -0.15) is 0 Å². The molecule has 1 aromatic carbocycles. The molecule has 0 unspecified atom stereocenters. The van der Waals surface area contributed by atoms with E-state index in [1.165, 1.54) is 6.07 Å². The summed E-state index contributed by atoms with van der Waals surface area (Å²) >= 11 is 3.16. The Bertz CT molecular complexity index is 440. The Hall–Kier alpha value is -0.810. The molecule has 5 heteroatoms. The number of nitrogens with zero attached hydrogens (tertiary/aromatic N) is 2. The van der Waals surface area contributed by atoms with Gasteiger partial charge in [0.1, 0.15) is 5.82 Å². The van der Waals surface area contributed by atoms with Crippen molar-refractivity contribution in [1.82, 2.24) is 4.90 Å². The summed E-state index contributed by atoms with van der Waals surface area (Å²) in [5.41, 5.74) is 7.41. The highest BCUT2D eigenvalue weighted by molar-refractivity contribution is 9.10. The first-order valence-electron chi connectivity index (χ1n) is 6.11. The standard InChI is InChI=1S/C13H19BrFN3/c1-8-6-18(7-9(2)17(8)3)13-5-11(15)10(14)4-12(13)16/h4-5,8-9H,6-7,16H2,1-3H3/t8-,9-/m0/s1. The first-order valence-corrected chi connectivity index (χ1v) is 6.91. The fourth-order valence-electron chi connectivity index (χ4n) is 2.43. The van der Waals surface area contributed by atoms with E-state index in [0.29, 0.717) is 22.2 Å². The molecule has 0 aliphatic carbocycles. The Morgan fingerprint density at radius 1 is 1.28 bits per heavy atom. The summed E-state index contributed by atoms with van der Waals surface area (Å²) in [5.74, 6) is -0.265. The number of anilines is 2. The van der Waals surface area contributed by atoms with Crippen molar-refractivity contribution in [3.63, 3.8) is 0 Å². The normalized spacial score (nSPS) is 25.5. The van der Waals surface area contributed by atoms with Gasteiger partial charge in [-0.3, -0.25) is 4.90 Å². The molecule has 3 nitrogen and oxygen atoms in total. The molecule has 0 radical (unpaired) electrons. The molecule has 0 aromatic heterocycles. The number of likely N-dealkylation sites (N-methyl/N-ethyl adjacent to an activating group) is 1. The van der Waals surface area contributed by atoms with Crippen LogP contribution < -0.4 is 10.6 Å². The number of hydrogen-bond acceptors (Lipinski definition) is 3. The lowest BCUT2D eigenvalue weighted by molar-refractivity contribution is 0.170. The topological polar surface area (TPSA) is 32.5 Å². The second-order valence-corrected chi connectivity index (χ2v) is 5.95. The molecule has 2 rings (SSSR count). The molecule has 100 valence electrons. The second-order valence-electron chi connectivity index (χ2n) is 5.09. The van der Waals surface area contributed by atoms with Crippen molar-refractivity contribution in [1.29, 1.82) is 0 Å². The molecule has 0 spiro atoms. The van der Waals surface area contributed by atoms with Gasteiger partial charge in [-0.1, -0.05) is 0 Å². The van der Waals surface area contributed by atoms with Crippen LogP contribution in [0, 0.1) is 5.82 Å².